The Balaban J connectivity index is 1.82. The summed E-state index contributed by atoms with van der Waals surface area (Å²) in [6.45, 7) is 6.20. The van der Waals surface area contributed by atoms with Gasteiger partial charge in [-0.3, -0.25) is 0 Å². The standard InChI is InChI=1S/C11H24N2S/c1-14-11-5-3-2-4-8-13-9-6-12-7-10-13/h12H,2-11H2,1H3. The third-order valence-electron chi connectivity index (χ3n) is 2.78. The number of piperazine rings is 1. The minimum absolute atomic E-state index is 1.19. The van der Waals surface area contributed by atoms with Crippen molar-refractivity contribution in [2.24, 2.45) is 0 Å². The zero-order valence-corrected chi connectivity index (χ0v) is 10.2. The van der Waals surface area contributed by atoms with Crippen molar-refractivity contribution in [1.29, 1.82) is 0 Å². The average molecular weight is 216 g/mol. The van der Waals surface area contributed by atoms with Crippen LogP contribution in [0.5, 0.6) is 0 Å². The topological polar surface area (TPSA) is 15.3 Å². The zero-order valence-electron chi connectivity index (χ0n) is 9.43. The van der Waals surface area contributed by atoms with Gasteiger partial charge in [-0.05, 0) is 31.4 Å². The summed E-state index contributed by atoms with van der Waals surface area (Å²) in [6.07, 6.45) is 7.84. The maximum Gasteiger partial charge on any atom is 0.0107 e. The first-order valence-corrected chi connectivity index (χ1v) is 7.25. The fraction of sp³-hybridized carbons (Fsp3) is 1.00. The first-order chi connectivity index (χ1) is 6.93. The van der Waals surface area contributed by atoms with Crippen LogP contribution in [-0.4, -0.2) is 49.6 Å². The van der Waals surface area contributed by atoms with Crippen LogP contribution in [0.2, 0.25) is 0 Å². The maximum atomic E-state index is 3.39. The van der Waals surface area contributed by atoms with Gasteiger partial charge in [-0.15, -0.1) is 0 Å². The van der Waals surface area contributed by atoms with Gasteiger partial charge in [0.2, 0.25) is 0 Å². The summed E-state index contributed by atoms with van der Waals surface area (Å²) in [6, 6.07) is 0. The Hall–Kier alpha value is 0.270. The highest BCUT2D eigenvalue weighted by Gasteiger charge is 2.07. The highest BCUT2D eigenvalue weighted by molar-refractivity contribution is 7.98. The molecular formula is C11H24N2S. The predicted molar refractivity (Wildman–Crippen MR) is 66.2 cm³/mol. The predicted octanol–water partition coefficient (Wildman–Crippen LogP) is 1.81. The van der Waals surface area contributed by atoms with Crippen LogP contribution in [0.3, 0.4) is 0 Å². The van der Waals surface area contributed by atoms with Gasteiger partial charge in [0.1, 0.15) is 0 Å². The van der Waals surface area contributed by atoms with Crippen molar-refractivity contribution >= 4 is 11.8 Å². The van der Waals surface area contributed by atoms with E-state index < -0.39 is 0 Å². The van der Waals surface area contributed by atoms with Crippen molar-refractivity contribution in [3.8, 4) is 0 Å². The van der Waals surface area contributed by atoms with Crippen LogP contribution < -0.4 is 5.32 Å². The van der Waals surface area contributed by atoms with Gasteiger partial charge in [0, 0.05) is 26.2 Å². The molecule has 0 radical (unpaired) electrons. The largest absolute Gasteiger partial charge is 0.314 e. The zero-order chi connectivity index (χ0) is 10.1. The summed E-state index contributed by atoms with van der Waals surface area (Å²) in [4.78, 5) is 2.59. The highest BCUT2D eigenvalue weighted by atomic mass is 32.2. The minimum Gasteiger partial charge on any atom is -0.314 e. The summed E-state index contributed by atoms with van der Waals surface area (Å²) in [5.74, 6) is 1.34. The van der Waals surface area contributed by atoms with E-state index in [1.807, 2.05) is 11.8 Å². The third kappa shape index (κ3) is 5.89. The van der Waals surface area contributed by atoms with Crippen LogP contribution in [-0.2, 0) is 0 Å². The van der Waals surface area contributed by atoms with Gasteiger partial charge in [0.15, 0.2) is 0 Å². The smallest absolute Gasteiger partial charge is 0.0107 e. The average Bonchev–Trinajstić information content (AvgIpc) is 2.25. The van der Waals surface area contributed by atoms with Crippen molar-refractivity contribution in [3.05, 3.63) is 0 Å². The van der Waals surface area contributed by atoms with Gasteiger partial charge in [-0.2, -0.15) is 11.8 Å². The number of unbranched alkanes of at least 4 members (excludes halogenated alkanes) is 3. The van der Waals surface area contributed by atoms with Crippen LogP contribution >= 0.6 is 11.8 Å². The molecule has 0 saturated carbocycles. The molecule has 1 rings (SSSR count). The molecular weight excluding hydrogens is 192 g/mol. The summed E-state index contributed by atoms with van der Waals surface area (Å²) < 4.78 is 0. The number of nitrogens with zero attached hydrogens (tertiary/aromatic N) is 1. The van der Waals surface area contributed by atoms with Gasteiger partial charge in [0.25, 0.3) is 0 Å². The molecule has 1 fully saturated rings. The molecule has 1 aliphatic heterocycles. The number of hydrogen-bond donors (Lipinski definition) is 1. The lowest BCUT2D eigenvalue weighted by molar-refractivity contribution is 0.236. The van der Waals surface area contributed by atoms with E-state index in [-0.39, 0.29) is 0 Å². The molecule has 3 heteroatoms. The molecule has 1 aliphatic rings. The van der Waals surface area contributed by atoms with E-state index >= 15 is 0 Å². The van der Waals surface area contributed by atoms with Crippen LogP contribution in [0.15, 0.2) is 0 Å². The van der Waals surface area contributed by atoms with E-state index in [9.17, 15) is 0 Å². The molecule has 0 unspecified atom stereocenters. The molecule has 0 bridgehead atoms. The Morgan fingerprint density at radius 3 is 2.50 bits per heavy atom. The van der Waals surface area contributed by atoms with Crippen molar-refractivity contribution < 1.29 is 0 Å². The van der Waals surface area contributed by atoms with Crippen molar-refractivity contribution in [3.63, 3.8) is 0 Å². The highest BCUT2D eigenvalue weighted by Crippen LogP contribution is 2.05. The quantitative estimate of drug-likeness (QED) is 0.654. The Bertz CT molecular complexity index is 124. The molecule has 2 nitrogen and oxygen atoms in total. The van der Waals surface area contributed by atoms with E-state index in [1.54, 1.807) is 0 Å². The molecule has 0 aliphatic carbocycles. The second-order valence-corrected chi connectivity index (χ2v) is 4.98. The molecule has 1 N–H and O–H groups in total. The molecule has 1 saturated heterocycles. The van der Waals surface area contributed by atoms with E-state index in [0.717, 1.165) is 0 Å². The molecule has 0 aromatic heterocycles. The normalized spacial score (nSPS) is 18.6. The summed E-state index contributed by atoms with van der Waals surface area (Å²) >= 11 is 1.97. The number of nitrogens with one attached hydrogen (secondary N) is 1. The van der Waals surface area contributed by atoms with Crippen LogP contribution in [0.1, 0.15) is 25.7 Å². The van der Waals surface area contributed by atoms with Crippen LogP contribution in [0.4, 0.5) is 0 Å². The van der Waals surface area contributed by atoms with Gasteiger partial charge in [0.05, 0.1) is 0 Å². The molecule has 1 heterocycles. The lowest BCUT2D eigenvalue weighted by atomic mass is 10.2. The first kappa shape index (κ1) is 12.3. The van der Waals surface area contributed by atoms with E-state index in [4.69, 9.17) is 0 Å². The van der Waals surface area contributed by atoms with Crippen molar-refractivity contribution in [2.75, 3.05) is 44.7 Å². The van der Waals surface area contributed by atoms with Crippen LogP contribution in [0, 0.1) is 0 Å². The summed E-state index contributed by atoms with van der Waals surface area (Å²) in [7, 11) is 0. The molecule has 0 spiro atoms. The maximum absolute atomic E-state index is 3.39. The first-order valence-electron chi connectivity index (χ1n) is 5.85. The Morgan fingerprint density at radius 2 is 1.79 bits per heavy atom. The second-order valence-electron chi connectivity index (χ2n) is 4.00. The van der Waals surface area contributed by atoms with Crippen molar-refractivity contribution in [1.82, 2.24) is 10.2 Å². The van der Waals surface area contributed by atoms with Gasteiger partial charge in [-0.25, -0.2) is 0 Å². The van der Waals surface area contributed by atoms with Gasteiger partial charge >= 0.3 is 0 Å². The fourth-order valence-electron chi connectivity index (χ4n) is 1.87. The Labute approximate surface area is 92.8 Å². The fourth-order valence-corrected chi connectivity index (χ4v) is 2.36. The van der Waals surface area contributed by atoms with Crippen molar-refractivity contribution in [2.45, 2.75) is 25.7 Å². The summed E-state index contributed by atoms with van der Waals surface area (Å²) in [5.41, 5.74) is 0. The summed E-state index contributed by atoms with van der Waals surface area (Å²) in [5, 5.41) is 3.39. The molecule has 0 amide bonds. The monoisotopic (exact) mass is 216 g/mol. The lowest BCUT2D eigenvalue weighted by Gasteiger charge is -2.26. The third-order valence-corrected chi connectivity index (χ3v) is 3.48. The lowest BCUT2D eigenvalue weighted by Crippen LogP contribution is -2.43. The second kappa shape index (κ2) is 8.57. The van der Waals surface area contributed by atoms with E-state index in [0.29, 0.717) is 0 Å². The van der Waals surface area contributed by atoms with Gasteiger partial charge in [-0.1, -0.05) is 12.8 Å². The van der Waals surface area contributed by atoms with E-state index in [2.05, 4.69) is 16.5 Å². The Morgan fingerprint density at radius 1 is 1.07 bits per heavy atom. The minimum atomic E-state index is 1.19. The van der Waals surface area contributed by atoms with E-state index in [1.165, 1.54) is 64.2 Å². The Kier molecular flexibility index (Phi) is 7.55. The molecule has 14 heavy (non-hydrogen) atoms. The van der Waals surface area contributed by atoms with Gasteiger partial charge < -0.3 is 10.2 Å². The molecule has 0 atom stereocenters. The molecule has 84 valence electrons. The number of hydrogen-bond acceptors (Lipinski definition) is 3. The molecule has 0 aromatic carbocycles. The number of rotatable bonds is 7. The number of thioether (sulfide) groups is 1. The SMILES string of the molecule is CSCCCCCCN1CCNCC1. The van der Waals surface area contributed by atoms with Crippen LogP contribution in [0.25, 0.3) is 0 Å². The molecule has 0 aromatic rings.